The van der Waals surface area contributed by atoms with E-state index >= 15 is 0 Å². The van der Waals surface area contributed by atoms with E-state index in [1.165, 1.54) is 0 Å². The highest BCUT2D eigenvalue weighted by Crippen LogP contribution is 2.49. The van der Waals surface area contributed by atoms with Crippen LogP contribution in [0.3, 0.4) is 0 Å². The predicted octanol–water partition coefficient (Wildman–Crippen LogP) is 3.46. The van der Waals surface area contributed by atoms with Crippen LogP contribution in [0.1, 0.15) is 11.1 Å². The van der Waals surface area contributed by atoms with Gasteiger partial charge in [-0.25, -0.2) is 4.79 Å². The van der Waals surface area contributed by atoms with E-state index in [2.05, 4.69) is 0 Å². The Hall–Kier alpha value is -4.75. The monoisotopic (exact) mass is 406 g/mol. The summed E-state index contributed by atoms with van der Waals surface area (Å²) in [5.74, 6) is -0.980. The number of nitrogens with zero attached hydrogens (tertiary/aromatic N) is 3. The number of esters is 1. The van der Waals surface area contributed by atoms with E-state index < -0.39 is 11.9 Å². The van der Waals surface area contributed by atoms with Crippen LogP contribution in [0.4, 0.5) is 5.88 Å². The maximum absolute atomic E-state index is 12.3. The molecule has 0 radical (unpaired) electrons. The van der Waals surface area contributed by atoms with Gasteiger partial charge in [0, 0.05) is 5.56 Å². The van der Waals surface area contributed by atoms with Crippen LogP contribution in [0.2, 0.25) is 0 Å². The van der Waals surface area contributed by atoms with Gasteiger partial charge in [-0.2, -0.15) is 10.5 Å². The van der Waals surface area contributed by atoms with Crippen molar-refractivity contribution in [2.75, 3.05) is 11.4 Å². The van der Waals surface area contributed by atoms with Crippen LogP contribution < -0.4 is 10.0 Å². The molecule has 0 spiro atoms. The van der Waals surface area contributed by atoms with Gasteiger partial charge in [0.1, 0.15) is 17.7 Å². The maximum atomic E-state index is 12.3. The minimum Gasteiger partial charge on any atom is -0.564 e. The van der Waals surface area contributed by atoms with E-state index in [4.69, 9.17) is 9.15 Å². The first-order chi connectivity index (χ1) is 15.1. The lowest BCUT2D eigenvalue weighted by Gasteiger charge is -2.09. The number of hydrogen-bond donors (Lipinski definition) is 0. The number of carbonyl (C=O) groups is 1. The summed E-state index contributed by atoms with van der Waals surface area (Å²) in [6, 6.07) is 21.8. The Labute approximate surface area is 176 Å². The molecule has 0 atom stereocenters. The molecule has 5 rings (SSSR count). The van der Waals surface area contributed by atoms with Crippen LogP contribution in [0.15, 0.2) is 82.1 Å². The topological polar surface area (TPSA) is 113 Å². The zero-order valence-electron chi connectivity index (χ0n) is 16.0. The molecular formula is C24H12N3O4-. The molecule has 148 valence electrons. The molecule has 2 aromatic carbocycles. The lowest BCUT2D eigenvalue weighted by atomic mass is 10.0. The number of allylic oxidation sites excluding steroid dienone is 1. The van der Waals surface area contributed by atoms with Crippen molar-refractivity contribution in [3.8, 4) is 29.2 Å². The van der Waals surface area contributed by atoms with Gasteiger partial charge in [0.25, 0.3) is 0 Å². The molecule has 3 aromatic rings. The van der Waals surface area contributed by atoms with Crippen molar-refractivity contribution in [1.29, 1.82) is 10.5 Å². The van der Waals surface area contributed by atoms with E-state index in [-0.39, 0.29) is 22.8 Å². The van der Waals surface area contributed by atoms with Crippen molar-refractivity contribution >= 4 is 17.4 Å². The minimum atomic E-state index is -0.729. The van der Waals surface area contributed by atoms with Gasteiger partial charge in [-0.15, -0.1) is 0 Å². The standard InChI is InChI=1S/C24H13N3O4/c25-11-16-19(14-7-3-1-4-8-14)21(30-23(16)28)18-13-27(18)22-20(15-9-5-2-6-10-15)17(12-26)24(29)31-22/h1-10,29H,13H2/p-1/b21-18-. The van der Waals surface area contributed by atoms with Crippen molar-refractivity contribution in [1.82, 2.24) is 0 Å². The SMILES string of the molecule is N#CC1=C(c2ccccc2)/C(=C2\CN2c2oc([O-])c(C#N)c2-c2ccccc2)OC1=O. The Balaban J connectivity index is 1.65. The molecular weight excluding hydrogens is 394 g/mol. The van der Waals surface area contributed by atoms with Gasteiger partial charge in [-0.05, 0) is 11.1 Å². The molecule has 0 unspecified atom stereocenters. The predicted molar refractivity (Wildman–Crippen MR) is 108 cm³/mol. The zero-order valence-corrected chi connectivity index (χ0v) is 16.0. The summed E-state index contributed by atoms with van der Waals surface area (Å²) in [6.07, 6.45) is 0. The summed E-state index contributed by atoms with van der Waals surface area (Å²) in [5, 5.41) is 31.3. The molecule has 2 aliphatic heterocycles. The summed E-state index contributed by atoms with van der Waals surface area (Å²) in [7, 11) is 0. The van der Waals surface area contributed by atoms with Crippen LogP contribution in [0.5, 0.6) is 5.95 Å². The van der Waals surface area contributed by atoms with E-state index in [0.29, 0.717) is 34.5 Å². The molecule has 0 bridgehead atoms. The van der Waals surface area contributed by atoms with Gasteiger partial charge in [-0.3, -0.25) is 0 Å². The van der Waals surface area contributed by atoms with Crippen LogP contribution in [0, 0.1) is 22.7 Å². The molecule has 0 aliphatic carbocycles. The lowest BCUT2D eigenvalue weighted by Crippen LogP contribution is -1.97. The van der Waals surface area contributed by atoms with Crippen molar-refractivity contribution < 1.29 is 19.1 Å². The number of benzene rings is 2. The van der Waals surface area contributed by atoms with Crippen molar-refractivity contribution in [2.45, 2.75) is 0 Å². The smallest absolute Gasteiger partial charge is 0.355 e. The fourth-order valence-electron chi connectivity index (χ4n) is 3.66. The normalized spacial score (nSPS) is 17.4. The summed E-state index contributed by atoms with van der Waals surface area (Å²) in [5.41, 5.74) is 2.55. The number of carbonyl (C=O) groups excluding carboxylic acids is 1. The number of furan rings is 1. The Morgan fingerprint density at radius 3 is 2.19 bits per heavy atom. The third-order valence-electron chi connectivity index (χ3n) is 5.12. The number of nitriles is 2. The maximum Gasteiger partial charge on any atom is 0.355 e. The second-order valence-corrected chi connectivity index (χ2v) is 6.90. The second-order valence-electron chi connectivity index (χ2n) is 6.90. The highest BCUT2D eigenvalue weighted by atomic mass is 16.5. The van der Waals surface area contributed by atoms with Crippen molar-refractivity contribution in [3.63, 3.8) is 0 Å². The average Bonchev–Trinajstić information content (AvgIpc) is 3.42. The Bertz CT molecular complexity index is 1370. The summed E-state index contributed by atoms with van der Waals surface area (Å²) >= 11 is 0. The molecule has 0 amide bonds. The summed E-state index contributed by atoms with van der Waals surface area (Å²) in [6.45, 7) is 0.329. The molecule has 1 aromatic heterocycles. The minimum absolute atomic E-state index is 0.0782. The van der Waals surface area contributed by atoms with Crippen LogP contribution >= 0.6 is 0 Å². The van der Waals surface area contributed by atoms with Gasteiger partial charge in [0.05, 0.1) is 35.2 Å². The van der Waals surface area contributed by atoms with Crippen molar-refractivity contribution in [3.05, 3.63) is 88.8 Å². The highest BCUT2D eigenvalue weighted by Gasteiger charge is 2.42. The number of hydrogen-bond acceptors (Lipinski definition) is 7. The van der Waals surface area contributed by atoms with Gasteiger partial charge in [0.2, 0.25) is 0 Å². The third kappa shape index (κ3) is 2.85. The number of rotatable bonds is 3. The lowest BCUT2D eigenvalue weighted by molar-refractivity contribution is -0.293. The van der Waals surface area contributed by atoms with E-state index in [0.717, 1.165) is 0 Å². The van der Waals surface area contributed by atoms with Gasteiger partial charge >= 0.3 is 5.97 Å². The van der Waals surface area contributed by atoms with Crippen LogP contribution in [0.25, 0.3) is 16.7 Å². The first-order valence-corrected chi connectivity index (χ1v) is 9.36. The molecule has 7 nitrogen and oxygen atoms in total. The largest absolute Gasteiger partial charge is 0.564 e. The molecule has 1 fully saturated rings. The molecule has 31 heavy (non-hydrogen) atoms. The first kappa shape index (κ1) is 18.3. The third-order valence-corrected chi connectivity index (χ3v) is 5.12. The fourth-order valence-corrected chi connectivity index (χ4v) is 3.66. The van der Waals surface area contributed by atoms with E-state index in [1.807, 2.05) is 24.3 Å². The molecule has 1 saturated heterocycles. The molecule has 0 N–H and O–H groups in total. The quantitative estimate of drug-likeness (QED) is 0.483. The van der Waals surface area contributed by atoms with Crippen LogP contribution in [-0.4, -0.2) is 12.5 Å². The van der Waals surface area contributed by atoms with Gasteiger partial charge in [-0.1, -0.05) is 60.7 Å². The van der Waals surface area contributed by atoms with Crippen LogP contribution in [-0.2, 0) is 9.53 Å². The van der Waals surface area contributed by atoms with E-state index in [1.54, 1.807) is 53.4 Å². The number of anilines is 1. The van der Waals surface area contributed by atoms with Gasteiger partial charge in [0.15, 0.2) is 5.76 Å². The highest BCUT2D eigenvalue weighted by molar-refractivity contribution is 6.11. The first-order valence-electron chi connectivity index (χ1n) is 9.36. The molecule has 2 aliphatic rings. The molecule has 3 heterocycles. The zero-order chi connectivity index (χ0) is 21.5. The Kier molecular flexibility index (Phi) is 4.10. The van der Waals surface area contributed by atoms with Gasteiger partial charge < -0.3 is 19.2 Å². The van der Waals surface area contributed by atoms with Crippen molar-refractivity contribution in [2.24, 2.45) is 0 Å². The number of cyclic esters (lactones) is 1. The average molecular weight is 406 g/mol. The fraction of sp³-hybridized carbons (Fsp3) is 0.0417. The molecule has 0 saturated carbocycles. The number of ether oxygens (including phenoxy) is 1. The molecule has 7 heteroatoms. The summed E-state index contributed by atoms with van der Waals surface area (Å²) < 4.78 is 10.9. The van der Waals surface area contributed by atoms with E-state index in [9.17, 15) is 20.4 Å². The second kappa shape index (κ2) is 6.94. The Morgan fingerprint density at radius 2 is 1.58 bits per heavy atom. The Morgan fingerprint density at radius 1 is 0.935 bits per heavy atom. The summed E-state index contributed by atoms with van der Waals surface area (Å²) in [4.78, 5) is 14.0.